The van der Waals surface area contributed by atoms with E-state index in [1.807, 2.05) is 25.2 Å². The van der Waals surface area contributed by atoms with Crippen molar-refractivity contribution in [1.82, 2.24) is 0 Å². The van der Waals surface area contributed by atoms with Gasteiger partial charge in [-0.05, 0) is 29.9 Å². The van der Waals surface area contributed by atoms with Crippen LogP contribution in [0.15, 0.2) is 11.4 Å². The molecular weight excluding hydrogens is 152 g/mol. The molecule has 0 amide bonds. The molecule has 0 atom stereocenters. The van der Waals surface area contributed by atoms with Gasteiger partial charge in [-0.15, -0.1) is 11.3 Å². The van der Waals surface area contributed by atoms with Gasteiger partial charge < -0.3 is 0 Å². The molecule has 1 rings (SSSR count). The Labute approximate surface area is 74.3 Å². The lowest BCUT2D eigenvalue weighted by molar-refractivity contribution is 0.864. The molecule has 11 heavy (non-hydrogen) atoms. The second-order valence-corrected chi connectivity index (χ2v) is 3.71. The Bertz CT molecular complexity index is 187. The van der Waals surface area contributed by atoms with Crippen LogP contribution in [0.3, 0.4) is 0 Å². The van der Waals surface area contributed by atoms with Gasteiger partial charge in [-0.1, -0.05) is 27.7 Å². The minimum atomic E-state index is 0.691. The van der Waals surface area contributed by atoms with E-state index in [0.29, 0.717) is 5.92 Å². The van der Waals surface area contributed by atoms with Crippen molar-refractivity contribution < 1.29 is 0 Å². The van der Waals surface area contributed by atoms with E-state index in [4.69, 9.17) is 0 Å². The molecule has 1 heterocycles. The van der Waals surface area contributed by atoms with Crippen molar-refractivity contribution in [3.05, 3.63) is 21.9 Å². The lowest BCUT2D eigenvalue weighted by atomic mass is 10.1. The molecule has 0 nitrogen and oxygen atoms in total. The maximum absolute atomic E-state index is 2.23. The highest BCUT2D eigenvalue weighted by Gasteiger charge is 2.01. The quantitative estimate of drug-likeness (QED) is 0.592. The van der Waals surface area contributed by atoms with Crippen LogP contribution in [0, 0.1) is 6.92 Å². The van der Waals surface area contributed by atoms with Gasteiger partial charge in [0.2, 0.25) is 0 Å². The molecule has 0 radical (unpaired) electrons. The maximum atomic E-state index is 2.23. The zero-order chi connectivity index (χ0) is 8.85. The zero-order valence-corrected chi connectivity index (χ0v) is 8.96. The molecule has 64 valence electrons. The fraction of sp³-hybridized carbons (Fsp3) is 0.600. The van der Waals surface area contributed by atoms with Gasteiger partial charge in [0.25, 0.3) is 0 Å². The predicted molar refractivity (Wildman–Crippen MR) is 54.5 cm³/mol. The molecule has 1 heteroatoms. The lowest BCUT2D eigenvalue weighted by Crippen LogP contribution is -1.84. The summed E-state index contributed by atoms with van der Waals surface area (Å²) in [5.74, 6) is 0.691. The summed E-state index contributed by atoms with van der Waals surface area (Å²) in [7, 11) is 0. The molecule has 0 unspecified atom stereocenters. The first-order valence-electron chi connectivity index (χ1n) is 4.26. The van der Waals surface area contributed by atoms with Crippen LogP contribution in [0.25, 0.3) is 0 Å². The van der Waals surface area contributed by atoms with Crippen LogP contribution in [-0.4, -0.2) is 0 Å². The fourth-order valence-electron chi connectivity index (χ4n) is 0.994. The second kappa shape index (κ2) is 5.36. The Kier molecular flexibility index (Phi) is 5.22. The van der Waals surface area contributed by atoms with E-state index in [2.05, 4.69) is 32.2 Å². The third kappa shape index (κ3) is 3.06. The molecule has 0 saturated carbocycles. The minimum Gasteiger partial charge on any atom is -0.149 e. The standard InChI is InChI=1S/C8H12S.C2H6/c1-6(2)8-4-5-9-7(8)3;1-2/h4-6H,1-3H3;1-2H3. The van der Waals surface area contributed by atoms with Crippen molar-refractivity contribution in [3.8, 4) is 0 Å². The molecule has 0 aliphatic carbocycles. The molecule has 0 spiro atoms. The van der Waals surface area contributed by atoms with E-state index in [1.165, 1.54) is 10.4 Å². The zero-order valence-electron chi connectivity index (χ0n) is 8.14. The monoisotopic (exact) mass is 170 g/mol. The van der Waals surface area contributed by atoms with Gasteiger partial charge in [0, 0.05) is 4.88 Å². The third-order valence-electron chi connectivity index (χ3n) is 1.52. The lowest BCUT2D eigenvalue weighted by Gasteiger charge is -2.00. The number of aryl methyl sites for hydroxylation is 1. The van der Waals surface area contributed by atoms with Crippen molar-refractivity contribution in [1.29, 1.82) is 0 Å². The SMILES string of the molecule is CC.Cc1sccc1C(C)C. The van der Waals surface area contributed by atoms with Crippen LogP contribution in [0.4, 0.5) is 0 Å². The van der Waals surface area contributed by atoms with Crippen LogP contribution in [0.5, 0.6) is 0 Å². The van der Waals surface area contributed by atoms with Gasteiger partial charge in [0.05, 0.1) is 0 Å². The third-order valence-corrected chi connectivity index (χ3v) is 2.38. The largest absolute Gasteiger partial charge is 0.149 e. The molecule has 0 aromatic carbocycles. The van der Waals surface area contributed by atoms with E-state index < -0.39 is 0 Å². The molecule has 0 aliphatic heterocycles. The summed E-state index contributed by atoms with van der Waals surface area (Å²) in [6.45, 7) is 10.6. The highest BCUT2D eigenvalue weighted by atomic mass is 32.1. The average molecular weight is 170 g/mol. The Hall–Kier alpha value is -0.300. The second-order valence-electron chi connectivity index (χ2n) is 2.59. The van der Waals surface area contributed by atoms with Crippen LogP contribution in [-0.2, 0) is 0 Å². The molecule has 0 aliphatic rings. The molecular formula is C10H18S. The summed E-state index contributed by atoms with van der Waals surface area (Å²) in [6.07, 6.45) is 0. The van der Waals surface area contributed by atoms with Gasteiger partial charge in [0.1, 0.15) is 0 Å². The van der Waals surface area contributed by atoms with Crippen LogP contribution in [0.1, 0.15) is 44.1 Å². The van der Waals surface area contributed by atoms with E-state index >= 15 is 0 Å². The van der Waals surface area contributed by atoms with Crippen LogP contribution < -0.4 is 0 Å². The van der Waals surface area contributed by atoms with Gasteiger partial charge in [-0.2, -0.15) is 0 Å². The van der Waals surface area contributed by atoms with Crippen molar-refractivity contribution >= 4 is 11.3 Å². The Morgan fingerprint density at radius 2 is 1.82 bits per heavy atom. The van der Waals surface area contributed by atoms with E-state index in [-0.39, 0.29) is 0 Å². The molecule has 0 bridgehead atoms. The first kappa shape index (κ1) is 10.7. The van der Waals surface area contributed by atoms with Crippen molar-refractivity contribution in [3.63, 3.8) is 0 Å². The van der Waals surface area contributed by atoms with Crippen LogP contribution >= 0.6 is 11.3 Å². The van der Waals surface area contributed by atoms with E-state index in [0.717, 1.165) is 0 Å². The Morgan fingerprint density at radius 3 is 2.00 bits per heavy atom. The van der Waals surface area contributed by atoms with Crippen molar-refractivity contribution in [2.45, 2.75) is 40.5 Å². The highest BCUT2D eigenvalue weighted by molar-refractivity contribution is 7.10. The van der Waals surface area contributed by atoms with E-state index in [9.17, 15) is 0 Å². The predicted octanol–water partition coefficient (Wildman–Crippen LogP) is 4.21. The normalized spacial score (nSPS) is 9.27. The minimum absolute atomic E-state index is 0.691. The summed E-state index contributed by atoms with van der Waals surface area (Å²) in [6, 6.07) is 2.21. The first-order valence-corrected chi connectivity index (χ1v) is 5.13. The smallest absolute Gasteiger partial charge is 0.00488 e. The average Bonchev–Trinajstić information content (AvgIpc) is 2.39. The molecule has 0 saturated heterocycles. The maximum Gasteiger partial charge on any atom is 0.00488 e. The molecule has 1 aromatic rings. The molecule has 1 aromatic heterocycles. The van der Waals surface area contributed by atoms with Crippen LogP contribution in [0.2, 0.25) is 0 Å². The summed E-state index contributed by atoms with van der Waals surface area (Å²) in [5.41, 5.74) is 1.50. The van der Waals surface area contributed by atoms with Crippen molar-refractivity contribution in [2.75, 3.05) is 0 Å². The highest BCUT2D eigenvalue weighted by Crippen LogP contribution is 2.22. The summed E-state index contributed by atoms with van der Waals surface area (Å²) >= 11 is 1.83. The summed E-state index contributed by atoms with van der Waals surface area (Å²) < 4.78 is 0. The molecule has 0 N–H and O–H groups in total. The summed E-state index contributed by atoms with van der Waals surface area (Å²) in [5, 5.41) is 2.16. The Morgan fingerprint density at radius 1 is 1.27 bits per heavy atom. The van der Waals surface area contributed by atoms with Gasteiger partial charge in [0.15, 0.2) is 0 Å². The van der Waals surface area contributed by atoms with Gasteiger partial charge in [-0.25, -0.2) is 0 Å². The number of rotatable bonds is 1. The fourth-order valence-corrected chi connectivity index (χ4v) is 1.85. The topological polar surface area (TPSA) is 0 Å². The van der Waals surface area contributed by atoms with Gasteiger partial charge >= 0.3 is 0 Å². The number of hydrogen-bond donors (Lipinski definition) is 0. The van der Waals surface area contributed by atoms with Crippen molar-refractivity contribution in [2.24, 2.45) is 0 Å². The van der Waals surface area contributed by atoms with Gasteiger partial charge in [-0.3, -0.25) is 0 Å². The van der Waals surface area contributed by atoms with E-state index in [1.54, 1.807) is 0 Å². The first-order chi connectivity index (χ1) is 5.22. The molecule has 0 fully saturated rings. The summed E-state index contributed by atoms with van der Waals surface area (Å²) in [4.78, 5) is 1.46. The number of thiophene rings is 1. The number of hydrogen-bond acceptors (Lipinski definition) is 1. The Balaban J connectivity index is 0.000000461.